The summed E-state index contributed by atoms with van der Waals surface area (Å²) >= 11 is 13.1. The molecule has 1 aromatic carbocycles. The summed E-state index contributed by atoms with van der Waals surface area (Å²) in [6.07, 6.45) is 1.12. The van der Waals surface area contributed by atoms with E-state index in [-0.39, 0.29) is 11.8 Å². The first-order valence-electron chi connectivity index (χ1n) is 9.94. The lowest BCUT2D eigenvalue weighted by molar-refractivity contribution is 0.0600. The molecule has 0 N–H and O–H groups in total. The molecule has 0 amide bonds. The number of esters is 1. The zero-order valence-electron chi connectivity index (χ0n) is 18.3. The molecule has 32 heavy (non-hydrogen) atoms. The second-order valence-electron chi connectivity index (χ2n) is 8.40. The molecule has 0 aliphatic heterocycles. The topological polar surface area (TPSA) is 66.2 Å². The standard InChI is InChI=1S/C22H24Cl2FN3O3Si/c1-30-22(29)14-5-7-16(17(23)11-14)19-20(24)28(13-31-9-10-32(2,3)4)21(27-19)18-8-6-15(25)12-26-18/h5-8,11-12H,9-10,13H2,1-4H3. The number of imidazole rings is 1. The highest BCUT2D eigenvalue weighted by Crippen LogP contribution is 2.36. The Morgan fingerprint density at radius 2 is 1.94 bits per heavy atom. The van der Waals surface area contributed by atoms with Crippen LogP contribution in [0.15, 0.2) is 36.5 Å². The Balaban J connectivity index is 2.00. The SMILES string of the molecule is COC(=O)c1ccc(-c2nc(-c3ccc(F)cn3)n(COCC[Si](C)(C)C)c2Cl)c(Cl)c1. The number of hydrogen-bond acceptors (Lipinski definition) is 5. The monoisotopic (exact) mass is 495 g/mol. The predicted molar refractivity (Wildman–Crippen MR) is 126 cm³/mol. The van der Waals surface area contributed by atoms with E-state index in [9.17, 15) is 9.18 Å². The van der Waals surface area contributed by atoms with Gasteiger partial charge in [-0.15, -0.1) is 0 Å². The molecule has 0 aliphatic carbocycles. The van der Waals surface area contributed by atoms with E-state index in [1.165, 1.54) is 25.3 Å². The molecule has 6 nitrogen and oxygen atoms in total. The Morgan fingerprint density at radius 3 is 2.53 bits per heavy atom. The van der Waals surface area contributed by atoms with Gasteiger partial charge in [-0.3, -0.25) is 4.57 Å². The van der Waals surface area contributed by atoms with Gasteiger partial charge in [-0.05, 0) is 30.3 Å². The molecule has 0 spiro atoms. The molecule has 0 atom stereocenters. The minimum Gasteiger partial charge on any atom is -0.465 e. The summed E-state index contributed by atoms with van der Waals surface area (Å²) in [4.78, 5) is 20.6. The van der Waals surface area contributed by atoms with Crippen molar-refractivity contribution in [3.05, 3.63) is 58.1 Å². The van der Waals surface area contributed by atoms with Gasteiger partial charge < -0.3 is 9.47 Å². The van der Waals surface area contributed by atoms with Crippen molar-refractivity contribution in [1.29, 1.82) is 0 Å². The van der Waals surface area contributed by atoms with Gasteiger partial charge in [0.2, 0.25) is 0 Å². The third-order valence-corrected chi connectivity index (χ3v) is 7.12. The molecule has 0 saturated heterocycles. The molecular weight excluding hydrogens is 472 g/mol. The number of carbonyl (C=O) groups excluding carboxylic acids is 1. The molecule has 3 rings (SSSR count). The summed E-state index contributed by atoms with van der Waals surface area (Å²) in [5, 5.41) is 0.588. The van der Waals surface area contributed by atoms with Crippen LogP contribution in [-0.4, -0.2) is 42.3 Å². The van der Waals surface area contributed by atoms with Gasteiger partial charge in [0, 0.05) is 20.2 Å². The molecule has 0 radical (unpaired) electrons. The fourth-order valence-electron chi connectivity index (χ4n) is 2.91. The van der Waals surface area contributed by atoms with E-state index in [4.69, 9.17) is 32.7 Å². The number of nitrogens with zero attached hydrogens (tertiary/aromatic N) is 3. The first-order chi connectivity index (χ1) is 15.1. The van der Waals surface area contributed by atoms with Crippen LogP contribution < -0.4 is 0 Å². The zero-order chi connectivity index (χ0) is 23.5. The lowest BCUT2D eigenvalue weighted by Crippen LogP contribution is -2.22. The summed E-state index contributed by atoms with van der Waals surface area (Å²) in [5.74, 6) is -0.529. The van der Waals surface area contributed by atoms with E-state index >= 15 is 0 Å². The fourth-order valence-corrected chi connectivity index (χ4v) is 4.21. The molecule has 10 heteroatoms. The summed E-state index contributed by atoms with van der Waals surface area (Å²) in [6, 6.07) is 8.57. The van der Waals surface area contributed by atoms with Gasteiger partial charge in [0.1, 0.15) is 29.1 Å². The quantitative estimate of drug-likeness (QED) is 0.212. The second kappa shape index (κ2) is 10.1. The maximum absolute atomic E-state index is 13.4. The summed E-state index contributed by atoms with van der Waals surface area (Å²) in [6.45, 7) is 7.55. The highest BCUT2D eigenvalue weighted by atomic mass is 35.5. The van der Waals surface area contributed by atoms with E-state index < -0.39 is 19.9 Å². The van der Waals surface area contributed by atoms with Gasteiger partial charge in [-0.2, -0.15) is 0 Å². The molecule has 2 heterocycles. The van der Waals surface area contributed by atoms with E-state index in [2.05, 4.69) is 29.6 Å². The average molecular weight is 496 g/mol. The Hall–Kier alpha value is -2.26. The molecule has 0 aliphatic rings. The first kappa shape index (κ1) is 24.4. The third kappa shape index (κ3) is 5.75. The smallest absolute Gasteiger partial charge is 0.337 e. The van der Waals surface area contributed by atoms with E-state index in [1.54, 1.807) is 16.7 Å². The van der Waals surface area contributed by atoms with E-state index in [0.29, 0.717) is 40.1 Å². The van der Waals surface area contributed by atoms with Crippen molar-refractivity contribution < 1.29 is 18.7 Å². The van der Waals surface area contributed by atoms with E-state index in [0.717, 1.165) is 12.2 Å². The molecule has 3 aromatic rings. The van der Waals surface area contributed by atoms with Crippen molar-refractivity contribution in [3.8, 4) is 22.8 Å². The highest BCUT2D eigenvalue weighted by Gasteiger charge is 2.22. The Kier molecular flexibility index (Phi) is 7.71. The van der Waals surface area contributed by atoms with Crippen LogP contribution in [0.5, 0.6) is 0 Å². The lowest BCUT2D eigenvalue weighted by atomic mass is 10.1. The van der Waals surface area contributed by atoms with E-state index in [1.807, 2.05) is 0 Å². The highest BCUT2D eigenvalue weighted by molar-refractivity contribution is 6.76. The summed E-state index contributed by atoms with van der Waals surface area (Å²) in [7, 11) is 0.0406. The minimum atomic E-state index is -1.26. The average Bonchev–Trinajstić information content (AvgIpc) is 3.06. The van der Waals surface area contributed by atoms with Gasteiger partial charge >= 0.3 is 5.97 Å². The third-order valence-electron chi connectivity index (χ3n) is 4.72. The van der Waals surface area contributed by atoms with Crippen molar-refractivity contribution in [1.82, 2.24) is 14.5 Å². The first-order valence-corrected chi connectivity index (χ1v) is 14.4. The Labute approximate surface area is 197 Å². The van der Waals surface area contributed by atoms with Crippen molar-refractivity contribution in [3.63, 3.8) is 0 Å². The Morgan fingerprint density at radius 1 is 1.19 bits per heavy atom. The van der Waals surface area contributed by atoms with Crippen LogP contribution >= 0.6 is 23.2 Å². The zero-order valence-corrected chi connectivity index (χ0v) is 20.8. The maximum atomic E-state index is 13.4. The molecular formula is C22H24Cl2FN3O3Si. The second-order valence-corrected chi connectivity index (χ2v) is 14.8. The number of benzene rings is 1. The number of aromatic nitrogens is 3. The predicted octanol–water partition coefficient (Wildman–Crippen LogP) is 6.16. The van der Waals surface area contributed by atoms with Gasteiger partial charge in [-0.25, -0.2) is 19.2 Å². The molecule has 0 unspecified atom stereocenters. The largest absolute Gasteiger partial charge is 0.465 e. The van der Waals surface area contributed by atoms with Crippen LogP contribution in [0.4, 0.5) is 4.39 Å². The van der Waals surface area contributed by atoms with Crippen LogP contribution in [-0.2, 0) is 16.2 Å². The van der Waals surface area contributed by atoms with Gasteiger partial charge in [-0.1, -0.05) is 48.9 Å². The van der Waals surface area contributed by atoms with Crippen LogP contribution in [0.2, 0.25) is 35.9 Å². The molecule has 0 fully saturated rings. The van der Waals surface area contributed by atoms with Crippen LogP contribution in [0.25, 0.3) is 22.8 Å². The molecule has 0 bridgehead atoms. The minimum absolute atomic E-state index is 0.155. The van der Waals surface area contributed by atoms with Crippen molar-refractivity contribution in [2.24, 2.45) is 0 Å². The number of pyridine rings is 1. The van der Waals surface area contributed by atoms with Crippen LogP contribution in [0.3, 0.4) is 0 Å². The molecule has 0 saturated carbocycles. The fraction of sp³-hybridized carbons (Fsp3) is 0.318. The number of rotatable bonds is 8. The van der Waals surface area contributed by atoms with Crippen LogP contribution in [0, 0.1) is 5.82 Å². The molecule has 170 valence electrons. The van der Waals surface area contributed by atoms with Gasteiger partial charge in [0.25, 0.3) is 0 Å². The van der Waals surface area contributed by atoms with Gasteiger partial charge in [0.05, 0.1) is 23.9 Å². The normalized spacial score (nSPS) is 11.6. The maximum Gasteiger partial charge on any atom is 0.337 e. The van der Waals surface area contributed by atoms with Crippen molar-refractivity contribution in [2.45, 2.75) is 32.4 Å². The number of halogens is 3. The molecule has 2 aromatic heterocycles. The number of hydrogen-bond donors (Lipinski definition) is 0. The summed E-state index contributed by atoms with van der Waals surface area (Å²) < 4.78 is 25.7. The van der Waals surface area contributed by atoms with Crippen molar-refractivity contribution >= 4 is 37.2 Å². The number of ether oxygens (including phenoxy) is 2. The Bertz CT molecular complexity index is 1110. The lowest BCUT2D eigenvalue weighted by Gasteiger charge is -2.16. The number of carbonyl (C=O) groups is 1. The van der Waals surface area contributed by atoms with Gasteiger partial charge in [0.15, 0.2) is 5.82 Å². The van der Waals surface area contributed by atoms with Crippen LogP contribution in [0.1, 0.15) is 10.4 Å². The summed E-state index contributed by atoms with van der Waals surface area (Å²) in [5.41, 5.74) is 1.69. The number of methoxy groups -OCH3 is 1. The van der Waals surface area contributed by atoms with Crippen molar-refractivity contribution in [2.75, 3.05) is 13.7 Å².